The van der Waals surface area contributed by atoms with Gasteiger partial charge >= 0.3 is 0 Å². The lowest BCUT2D eigenvalue weighted by atomic mass is 9.90. The summed E-state index contributed by atoms with van der Waals surface area (Å²) in [5.41, 5.74) is 1.04. The Morgan fingerprint density at radius 1 is 1.57 bits per heavy atom. The lowest BCUT2D eigenvalue weighted by Crippen LogP contribution is -2.11. The van der Waals surface area contributed by atoms with E-state index in [1.165, 1.54) is 0 Å². The fourth-order valence-corrected chi connectivity index (χ4v) is 1.63. The van der Waals surface area contributed by atoms with Crippen LogP contribution in [0, 0.1) is 6.57 Å². The first-order chi connectivity index (χ1) is 6.46. The summed E-state index contributed by atoms with van der Waals surface area (Å²) in [4.78, 5) is 3.27. The van der Waals surface area contributed by atoms with Gasteiger partial charge in [0.25, 0.3) is 0 Å². The predicted octanol–water partition coefficient (Wildman–Crippen LogP) is 2.75. The van der Waals surface area contributed by atoms with E-state index < -0.39 is 0 Å². The van der Waals surface area contributed by atoms with Gasteiger partial charge in [0.2, 0.25) is 6.54 Å². The minimum Gasteiger partial charge on any atom is -0.315 e. The SMILES string of the molecule is [C-]#[N+]CCn1ncc(C(C)(C)C)c1Cl. The zero-order valence-electron chi connectivity index (χ0n) is 8.71. The highest BCUT2D eigenvalue weighted by Gasteiger charge is 2.21. The van der Waals surface area contributed by atoms with E-state index in [-0.39, 0.29) is 5.41 Å². The average molecular weight is 212 g/mol. The van der Waals surface area contributed by atoms with Crippen LogP contribution in [0.1, 0.15) is 26.3 Å². The average Bonchev–Trinajstić information content (AvgIpc) is 2.42. The van der Waals surface area contributed by atoms with Crippen molar-refractivity contribution in [2.45, 2.75) is 32.7 Å². The summed E-state index contributed by atoms with van der Waals surface area (Å²) in [6.45, 7) is 14.0. The molecule has 1 rings (SSSR count). The van der Waals surface area contributed by atoms with E-state index in [0.29, 0.717) is 18.2 Å². The maximum atomic E-state index is 6.69. The smallest absolute Gasteiger partial charge is 0.234 e. The second-order valence-electron chi connectivity index (χ2n) is 4.20. The van der Waals surface area contributed by atoms with E-state index in [4.69, 9.17) is 18.2 Å². The predicted molar refractivity (Wildman–Crippen MR) is 57.4 cm³/mol. The molecule has 3 nitrogen and oxygen atoms in total. The lowest BCUT2D eigenvalue weighted by Gasteiger charge is -2.16. The van der Waals surface area contributed by atoms with Crippen molar-refractivity contribution in [1.29, 1.82) is 0 Å². The van der Waals surface area contributed by atoms with Crippen molar-refractivity contribution in [1.82, 2.24) is 9.78 Å². The summed E-state index contributed by atoms with van der Waals surface area (Å²) in [6, 6.07) is 0. The molecule has 0 aliphatic carbocycles. The first kappa shape index (κ1) is 11.1. The Morgan fingerprint density at radius 3 is 2.64 bits per heavy atom. The largest absolute Gasteiger partial charge is 0.315 e. The molecule has 14 heavy (non-hydrogen) atoms. The number of rotatable bonds is 2. The van der Waals surface area contributed by atoms with Crippen LogP contribution in [0.2, 0.25) is 5.15 Å². The summed E-state index contributed by atoms with van der Waals surface area (Å²) >= 11 is 6.14. The first-order valence-electron chi connectivity index (χ1n) is 4.52. The highest BCUT2D eigenvalue weighted by molar-refractivity contribution is 6.30. The van der Waals surface area contributed by atoms with Gasteiger partial charge in [0.15, 0.2) is 0 Å². The summed E-state index contributed by atoms with van der Waals surface area (Å²) in [7, 11) is 0. The quantitative estimate of drug-likeness (QED) is 0.690. The molecular formula is C10H14ClN3. The van der Waals surface area contributed by atoms with Gasteiger partial charge in [0.05, 0.1) is 6.20 Å². The Balaban J connectivity index is 2.92. The second kappa shape index (κ2) is 4.02. The zero-order valence-corrected chi connectivity index (χ0v) is 9.47. The summed E-state index contributed by atoms with van der Waals surface area (Å²) in [6.07, 6.45) is 1.78. The van der Waals surface area contributed by atoms with Gasteiger partial charge in [0.1, 0.15) is 11.7 Å². The maximum absolute atomic E-state index is 6.69. The van der Waals surface area contributed by atoms with Crippen molar-refractivity contribution < 1.29 is 0 Å². The molecule has 0 amide bonds. The Morgan fingerprint density at radius 2 is 2.21 bits per heavy atom. The third-order valence-corrected chi connectivity index (χ3v) is 2.41. The number of hydrogen-bond acceptors (Lipinski definition) is 1. The monoisotopic (exact) mass is 211 g/mol. The summed E-state index contributed by atoms with van der Waals surface area (Å²) in [5.74, 6) is 0. The molecule has 0 saturated heterocycles. The van der Waals surface area contributed by atoms with E-state index in [1.807, 2.05) is 0 Å². The van der Waals surface area contributed by atoms with Crippen molar-refractivity contribution in [2.24, 2.45) is 0 Å². The van der Waals surface area contributed by atoms with Crippen LogP contribution in [-0.2, 0) is 12.0 Å². The maximum Gasteiger partial charge on any atom is 0.234 e. The third-order valence-electron chi connectivity index (χ3n) is 2.01. The molecule has 0 radical (unpaired) electrons. The van der Waals surface area contributed by atoms with Crippen molar-refractivity contribution in [3.8, 4) is 0 Å². The lowest BCUT2D eigenvalue weighted by molar-refractivity contribution is 0.586. The minimum atomic E-state index is 0.00738. The van der Waals surface area contributed by atoms with Crippen LogP contribution in [0.3, 0.4) is 0 Å². The molecule has 0 unspecified atom stereocenters. The van der Waals surface area contributed by atoms with Gasteiger partial charge in [-0.25, -0.2) is 11.3 Å². The zero-order chi connectivity index (χ0) is 10.8. The molecule has 1 aromatic rings. The van der Waals surface area contributed by atoms with Gasteiger partial charge in [-0.3, -0.25) is 0 Å². The Labute approximate surface area is 89.5 Å². The van der Waals surface area contributed by atoms with Gasteiger partial charge < -0.3 is 4.85 Å². The number of hydrogen-bond donors (Lipinski definition) is 0. The fourth-order valence-electron chi connectivity index (χ4n) is 1.17. The van der Waals surface area contributed by atoms with Crippen LogP contribution >= 0.6 is 11.6 Å². The standard InChI is InChI=1S/C10H14ClN3/c1-10(2,3)8-7-13-14(9(8)11)6-5-12-4/h7H,5-6H2,1-3H3. The van der Waals surface area contributed by atoms with Crippen LogP contribution < -0.4 is 0 Å². The molecule has 0 aliphatic heterocycles. The number of aromatic nitrogens is 2. The first-order valence-corrected chi connectivity index (χ1v) is 4.89. The van der Waals surface area contributed by atoms with Gasteiger partial charge in [-0.2, -0.15) is 5.10 Å². The van der Waals surface area contributed by atoms with Crippen molar-refractivity contribution in [3.05, 3.63) is 28.3 Å². The Hall–Kier alpha value is -1.01. The van der Waals surface area contributed by atoms with Crippen LogP contribution in [0.25, 0.3) is 4.85 Å². The number of nitrogens with zero attached hydrogens (tertiary/aromatic N) is 3. The van der Waals surface area contributed by atoms with Crippen molar-refractivity contribution in [2.75, 3.05) is 6.54 Å². The van der Waals surface area contributed by atoms with Crippen LogP contribution in [-0.4, -0.2) is 16.3 Å². The number of halogens is 1. The van der Waals surface area contributed by atoms with Crippen LogP contribution in [0.15, 0.2) is 6.20 Å². The molecule has 1 aromatic heterocycles. The van der Waals surface area contributed by atoms with Gasteiger partial charge in [0, 0.05) is 5.56 Å². The molecule has 0 spiro atoms. The summed E-state index contributed by atoms with van der Waals surface area (Å²) < 4.78 is 1.68. The van der Waals surface area contributed by atoms with Crippen molar-refractivity contribution >= 4 is 11.6 Å². The highest BCUT2D eigenvalue weighted by atomic mass is 35.5. The second-order valence-corrected chi connectivity index (χ2v) is 4.56. The van der Waals surface area contributed by atoms with Gasteiger partial charge in [-0.05, 0) is 5.41 Å². The van der Waals surface area contributed by atoms with Crippen LogP contribution in [0.5, 0.6) is 0 Å². The van der Waals surface area contributed by atoms with Gasteiger partial charge in [-0.1, -0.05) is 32.4 Å². The molecule has 0 aliphatic rings. The van der Waals surface area contributed by atoms with Gasteiger partial charge in [-0.15, -0.1) is 0 Å². The fraction of sp³-hybridized carbons (Fsp3) is 0.600. The Kier molecular flexibility index (Phi) is 3.17. The molecular weight excluding hydrogens is 198 g/mol. The van der Waals surface area contributed by atoms with Crippen molar-refractivity contribution in [3.63, 3.8) is 0 Å². The molecule has 76 valence electrons. The summed E-state index contributed by atoms with van der Waals surface area (Å²) in [5, 5.41) is 4.81. The molecule has 0 saturated carbocycles. The minimum absolute atomic E-state index is 0.00738. The van der Waals surface area contributed by atoms with E-state index in [1.54, 1.807) is 10.9 Å². The molecule has 0 bridgehead atoms. The molecule has 0 N–H and O–H groups in total. The third kappa shape index (κ3) is 2.27. The molecule has 1 heterocycles. The molecule has 0 atom stereocenters. The highest BCUT2D eigenvalue weighted by Crippen LogP contribution is 2.28. The van der Waals surface area contributed by atoms with E-state index in [2.05, 4.69) is 30.7 Å². The Bertz CT molecular complexity index is 354. The molecule has 0 aromatic carbocycles. The van der Waals surface area contributed by atoms with E-state index >= 15 is 0 Å². The molecule has 0 fully saturated rings. The van der Waals surface area contributed by atoms with E-state index in [0.717, 1.165) is 5.56 Å². The van der Waals surface area contributed by atoms with Crippen LogP contribution in [0.4, 0.5) is 0 Å². The topological polar surface area (TPSA) is 22.2 Å². The molecule has 4 heteroatoms. The normalized spacial score (nSPS) is 11.4. The van der Waals surface area contributed by atoms with E-state index in [9.17, 15) is 0 Å².